The highest BCUT2D eigenvalue weighted by molar-refractivity contribution is 7.91. The zero-order valence-corrected chi connectivity index (χ0v) is 15.6. The highest BCUT2D eigenvalue weighted by Crippen LogP contribution is 2.48. The Bertz CT molecular complexity index is 725. The lowest BCUT2D eigenvalue weighted by molar-refractivity contribution is -0.123. The van der Waals surface area contributed by atoms with Crippen molar-refractivity contribution in [3.63, 3.8) is 0 Å². The van der Waals surface area contributed by atoms with Crippen molar-refractivity contribution >= 4 is 15.7 Å². The number of hydrogen-bond donors (Lipinski definition) is 1. The van der Waals surface area contributed by atoms with Gasteiger partial charge in [-0.3, -0.25) is 4.79 Å². The lowest BCUT2D eigenvalue weighted by Gasteiger charge is -2.21. The standard InChI is InChI=1S/C19H27NO3S/c1-18(2,3)15-4-6-16(7-5-15)19(9-10-19)17(21)20-12-14-8-11-24(22,23)13-14/h4-7,14H,8-13H2,1-3H3,(H,20,21)/t14-/m0/s1. The van der Waals surface area contributed by atoms with Crippen LogP contribution in [0, 0.1) is 5.92 Å². The van der Waals surface area contributed by atoms with Crippen LogP contribution in [0.2, 0.25) is 0 Å². The quantitative estimate of drug-likeness (QED) is 0.909. The monoisotopic (exact) mass is 349 g/mol. The fourth-order valence-electron chi connectivity index (χ4n) is 3.50. The summed E-state index contributed by atoms with van der Waals surface area (Å²) >= 11 is 0. The van der Waals surface area contributed by atoms with Crippen LogP contribution in [-0.4, -0.2) is 32.4 Å². The summed E-state index contributed by atoms with van der Waals surface area (Å²) in [5, 5.41) is 3.01. The Labute approximate surface area is 145 Å². The van der Waals surface area contributed by atoms with Crippen LogP contribution in [0.1, 0.15) is 51.2 Å². The highest BCUT2D eigenvalue weighted by Gasteiger charge is 2.51. The van der Waals surface area contributed by atoms with Gasteiger partial charge in [0.05, 0.1) is 16.9 Å². The van der Waals surface area contributed by atoms with Gasteiger partial charge in [-0.15, -0.1) is 0 Å². The molecule has 132 valence electrons. The van der Waals surface area contributed by atoms with Gasteiger partial charge in [0.15, 0.2) is 9.84 Å². The van der Waals surface area contributed by atoms with Gasteiger partial charge >= 0.3 is 0 Å². The Morgan fingerprint density at radius 3 is 2.29 bits per heavy atom. The third kappa shape index (κ3) is 3.51. The predicted molar refractivity (Wildman–Crippen MR) is 95.8 cm³/mol. The predicted octanol–water partition coefficient (Wildman–Crippen LogP) is 2.57. The molecule has 0 aromatic heterocycles. The summed E-state index contributed by atoms with van der Waals surface area (Å²) in [5.74, 6) is 0.585. The lowest BCUT2D eigenvalue weighted by Crippen LogP contribution is -2.38. The van der Waals surface area contributed by atoms with E-state index in [1.165, 1.54) is 5.56 Å². The number of hydrogen-bond acceptors (Lipinski definition) is 3. The minimum absolute atomic E-state index is 0.0512. The normalized spacial score (nSPS) is 24.5. The van der Waals surface area contributed by atoms with E-state index < -0.39 is 15.3 Å². The van der Waals surface area contributed by atoms with E-state index in [1.54, 1.807) is 0 Å². The second-order valence-corrected chi connectivity index (χ2v) is 10.6. The number of nitrogens with one attached hydrogen (secondary N) is 1. The van der Waals surface area contributed by atoms with Crippen LogP contribution < -0.4 is 5.32 Å². The molecule has 2 fully saturated rings. The Morgan fingerprint density at radius 2 is 1.83 bits per heavy atom. The van der Waals surface area contributed by atoms with Crippen LogP contribution in [0.15, 0.2) is 24.3 Å². The number of amides is 1. The second kappa shape index (κ2) is 5.87. The van der Waals surface area contributed by atoms with Crippen molar-refractivity contribution in [1.82, 2.24) is 5.32 Å². The van der Waals surface area contributed by atoms with Crippen LogP contribution in [-0.2, 0) is 25.5 Å². The minimum atomic E-state index is -2.89. The van der Waals surface area contributed by atoms with Crippen LogP contribution >= 0.6 is 0 Å². The van der Waals surface area contributed by atoms with Crippen LogP contribution in [0.4, 0.5) is 0 Å². The van der Waals surface area contributed by atoms with Crippen molar-refractivity contribution in [3.05, 3.63) is 35.4 Å². The number of carbonyl (C=O) groups is 1. The Morgan fingerprint density at radius 1 is 1.21 bits per heavy atom. The van der Waals surface area contributed by atoms with Crippen LogP contribution in [0.25, 0.3) is 0 Å². The van der Waals surface area contributed by atoms with Gasteiger partial charge in [0.2, 0.25) is 5.91 Å². The van der Waals surface area contributed by atoms with E-state index in [2.05, 4.69) is 50.4 Å². The summed E-state index contributed by atoms with van der Waals surface area (Å²) in [6.07, 6.45) is 2.41. The smallest absolute Gasteiger partial charge is 0.230 e. The Kier molecular flexibility index (Phi) is 4.27. The molecule has 1 aromatic rings. The highest BCUT2D eigenvalue weighted by atomic mass is 32.2. The van der Waals surface area contributed by atoms with Gasteiger partial charge < -0.3 is 5.32 Å². The first kappa shape index (κ1) is 17.5. The average Bonchev–Trinajstić information content (AvgIpc) is 3.24. The maximum absolute atomic E-state index is 12.7. The SMILES string of the molecule is CC(C)(C)c1ccc(C2(C(=O)NC[C@@H]3CCS(=O)(=O)C3)CC2)cc1. The van der Waals surface area contributed by atoms with Crippen molar-refractivity contribution < 1.29 is 13.2 Å². The molecular weight excluding hydrogens is 322 g/mol. The summed E-state index contributed by atoms with van der Waals surface area (Å²) in [6, 6.07) is 8.39. The van der Waals surface area contributed by atoms with Gasteiger partial charge in [0.25, 0.3) is 0 Å². The molecule has 1 aliphatic carbocycles. The fraction of sp³-hybridized carbons (Fsp3) is 0.632. The van der Waals surface area contributed by atoms with E-state index in [0.29, 0.717) is 13.0 Å². The fourth-order valence-corrected chi connectivity index (χ4v) is 5.36. The summed E-state index contributed by atoms with van der Waals surface area (Å²) in [4.78, 5) is 12.7. The van der Waals surface area contributed by atoms with Gasteiger partial charge in [-0.25, -0.2) is 8.42 Å². The first-order valence-corrected chi connectivity index (χ1v) is 10.5. The zero-order valence-electron chi connectivity index (χ0n) is 14.8. The first-order valence-electron chi connectivity index (χ1n) is 8.72. The summed E-state index contributed by atoms with van der Waals surface area (Å²) in [5.41, 5.74) is 2.05. The largest absolute Gasteiger partial charge is 0.355 e. The molecule has 0 bridgehead atoms. The number of rotatable bonds is 4. The Hall–Kier alpha value is -1.36. The average molecular weight is 349 g/mol. The van der Waals surface area contributed by atoms with Crippen molar-refractivity contribution in [2.45, 2.75) is 50.9 Å². The molecule has 2 aliphatic rings. The van der Waals surface area contributed by atoms with Gasteiger partial charge in [-0.05, 0) is 41.7 Å². The van der Waals surface area contributed by atoms with Crippen LogP contribution in [0.3, 0.4) is 0 Å². The van der Waals surface area contributed by atoms with Gasteiger partial charge in [0, 0.05) is 6.54 Å². The topological polar surface area (TPSA) is 63.2 Å². The summed E-state index contributed by atoms with van der Waals surface area (Å²) in [6.45, 7) is 7.01. The van der Waals surface area contributed by atoms with E-state index in [0.717, 1.165) is 18.4 Å². The zero-order chi connectivity index (χ0) is 17.6. The lowest BCUT2D eigenvalue weighted by atomic mass is 9.85. The maximum Gasteiger partial charge on any atom is 0.230 e. The number of sulfone groups is 1. The Balaban J connectivity index is 1.64. The van der Waals surface area contributed by atoms with Crippen molar-refractivity contribution in [1.29, 1.82) is 0 Å². The van der Waals surface area contributed by atoms with Gasteiger partial charge in [-0.1, -0.05) is 45.0 Å². The third-order valence-electron chi connectivity index (χ3n) is 5.37. The van der Waals surface area contributed by atoms with Crippen molar-refractivity contribution in [2.24, 2.45) is 5.92 Å². The van der Waals surface area contributed by atoms with E-state index in [4.69, 9.17) is 0 Å². The molecule has 0 spiro atoms. The van der Waals surface area contributed by atoms with Crippen molar-refractivity contribution in [3.8, 4) is 0 Å². The molecule has 3 rings (SSSR count). The molecule has 1 amide bonds. The molecule has 4 nitrogen and oxygen atoms in total. The molecule has 1 aliphatic heterocycles. The summed E-state index contributed by atoms with van der Waals surface area (Å²) in [7, 11) is -2.89. The second-order valence-electron chi connectivity index (χ2n) is 8.39. The molecule has 1 N–H and O–H groups in total. The molecule has 1 atom stereocenters. The van der Waals surface area contributed by atoms with Gasteiger partial charge in [0.1, 0.15) is 0 Å². The maximum atomic E-state index is 12.7. The minimum Gasteiger partial charge on any atom is -0.355 e. The van der Waals surface area contributed by atoms with Gasteiger partial charge in [-0.2, -0.15) is 0 Å². The number of carbonyl (C=O) groups excluding carboxylic acids is 1. The van der Waals surface area contributed by atoms with Crippen LogP contribution in [0.5, 0.6) is 0 Å². The van der Waals surface area contributed by atoms with E-state index in [1.807, 2.05) is 0 Å². The molecule has 1 saturated carbocycles. The third-order valence-corrected chi connectivity index (χ3v) is 7.20. The molecular formula is C19H27NO3S. The molecule has 1 heterocycles. The summed E-state index contributed by atoms with van der Waals surface area (Å²) < 4.78 is 23.0. The molecule has 1 aromatic carbocycles. The molecule has 1 saturated heterocycles. The van der Waals surface area contributed by atoms with E-state index in [-0.39, 0.29) is 28.7 Å². The van der Waals surface area contributed by atoms with E-state index in [9.17, 15) is 13.2 Å². The first-order chi connectivity index (χ1) is 11.1. The molecule has 5 heteroatoms. The van der Waals surface area contributed by atoms with Crippen molar-refractivity contribution in [2.75, 3.05) is 18.1 Å². The number of benzene rings is 1. The molecule has 24 heavy (non-hydrogen) atoms. The molecule has 0 unspecified atom stereocenters. The molecule has 0 radical (unpaired) electrons. The van der Waals surface area contributed by atoms with E-state index >= 15 is 0 Å².